The molecule has 1 fully saturated rings. The van der Waals surface area contributed by atoms with Gasteiger partial charge in [-0.1, -0.05) is 6.07 Å². The molecule has 0 radical (unpaired) electrons. The Hall–Kier alpha value is -1.62. The van der Waals surface area contributed by atoms with E-state index in [1.807, 2.05) is 6.92 Å². The van der Waals surface area contributed by atoms with Crippen LogP contribution in [0.3, 0.4) is 0 Å². The Bertz CT molecular complexity index is 540. The summed E-state index contributed by atoms with van der Waals surface area (Å²) >= 11 is 6.05. The summed E-state index contributed by atoms with van der Waals surface area (Å²) in [5, 5.41) is 14.1. The lowest BCUT2D eigenvalue weighted by Gasteiger charge is -2.25. The molecule has 1 aliphatic rings. The van der Waals surface area contributed by atoms with Crippen molar-refractivity contribution in [3.05, 3.63) is 39.4 Å². The number of nitrogens with zero attached hydrogens (tertiary/aromatic N) is 1. The zero-order chi connectivity index (χ0) is 15.4. The van der Waals surface area contributed by atoms with Crippen molar-refractivity contribution in [2.24, 2.45) is 5.92 Å². The summed E-state index contributed by atoms with van der Waals surface area (Å²) in [6.45, 7) is 2.36. The molecule has 0 unspecified atom stereocenters. The molecule has 0 bridgehead atoms. The number of rotatable bonds is 4. The Labute approximate surface area is 128 Å². The quantitative estimate of drug-likeness (QED) is 0.526. The predicted octanol–water partition coefficient (Wildman–Crippen LogP) is 3.43. The van der Waals surface area contributed by atoms with Crippen LogP contribution in [-0.4, -0.2) is 22.8 Å². The van der Waals surface area contributed by atoms with E-state index in [0.29, 0.717) is 12.5 Å². The summed E-state index contributed by atoms with van der Waals surface area (Å²) < 4.78 is 0. The second kappa shape index (κ2) is 6.89. The van der Waals surface area contributed by atoms with E-state index in [-0.39, 0.29) is 22.5 Å². The van der Waals surface area contributed by atoms with Crippen LogP contribution in [0.4, 0.5) is 5.69 Å². The molecule has 1 N–H and O–H groups in total. The zero-order valence-corrected chi connectivity index (χ0v) is 12.7. The van der Waals surface area contributed by atoms with Gasteiger partial charge in [-0.05, 0) is 50.2 Å². The smallest absolute Gasteiger partial charge is 0.282 e. The van der Waals surface area contributed by atoms with Gasteiger partial charge < -0.3 is 5.32 Å². The molecular formula is C15H19ClN2O3. The van der Waals surface area contributed by atoms with Crippen molar-refractivity contribution in [2.45, 2.75) is 38.0 Å². The molecule has 0 atom stereocenters. The van der Waals surface area contributed by atoms with E-state index in [4.69, 9.17) is 11.6 Å². The molecule has 0 spiro atoms. The lowest BCUT2D eigenvalue weighted by Crippen LogP contribution is -2.31. The fraction of sp³-hybridized carbons (Fsp3) is 0.533. The molecular weight excluding hydrogens is 292 g/mol. The Kier molecular flexibility index (Phi) is 5.17. The monoisotopic (exact) mass is 310 g/mol. The molecule has 2 rings (SSSR count). The van der Waals surface area contributed by atoms with Gasteiger partial charge in [0.2, 0.25) is 0 Å². The van der Waals surface area contributed by atoms with Crippen molar-refractivity contribution in [3.63, 3.8) is 0 Å². The number of hydrogen-bond acceptors (Lipinski definition) is 3. The van der Waals surface area contributed by atoms with Crippen molar-refractivity contribution in [1.82, 2.24) is 5.32 Å². The topological polar surface area (TPSA) is 72.2 Å². The van der Waals surface area contributed by atoms with E-state index in [0.717, 1.165) is 31.2 Å². The van der Waals surface area contributed by atoms with Crippen LogP contribution >= 0.6 is 11.6 Å². The van der Waals surface area contributed by atoms with Crippen LogP contribution in [0.2, 0.25) is 0 Å². The Morgan fingerprint density at radius 1 is 1.38 bits per heavy atom. The fourth-order valence-corrected chi connectivity index (χ4v) is 2.90. The molecule has 6 heteroatoms. The summed E-state index contributed by atoms with van der Waals surface area (Å²) in [5.74, 6) is 0.0335. The van der Waals surface area contributed by atoms with Crippen molar-refractivity contribution >= 4 is 23.2 Å². The number of carbonyl (C=O) groups excluding carboxylic acids is 1. The predicted molar refractivity (Wildman–Crippen MR) is 81.8 cm³/mol. The van der Waals surface area contributed by atoms with E-state index in [9.17, 15) is 14.9 Å². The zero-order valence-electron chi connectivity index (χ0n) is 12.0. The van der Waals surface area contributed by atoms with Crippen molar-refractivity contribution in [2.75, 3.05) is 6.54 Å². The molecule has 1 saturated carbocycles. The van der Waals surface area contributed by atoms with Gasteiger partial charge in [-0.15, -0.1) is 11.6 Å². The molecule has 1 aromatic rings. The van der Waals surface area contributed by atoms with Crippen molar-refractivity contribution in [1.29, 1.82) is 0 Å². The maximum absolute atomic E-state index is 12.2. The first kappa shape index (κ1) is 15.8. The minimum atomic E-state index is -0.521. The molecule has 0 heterocycles. The maximum Gasteiger partial charge on any atom is 0.282 e. The normalized spacial score (nSPS) is 21.8. The number of nitro groups is 1. The highest BCUT2D eigenvalue weighted by Crippen LogP contribution is 2.27. The van der Waals surface area contributed by atoms with Crippen molar-refractivity contribution in [3.8, 4) is 0 Å². The van der Waals surface area contributed by atoms with Crippen LogP contribution in [0.1, 0.15) is 41.6 Å². The van der Waals surface area contributed by atoms with E-state index >= 15 is 0 Å². The van der Waals surface area contributed by atoms with Crippen LogP contribution in [0.5, 0.6) is 0 Å². The number of benzene rings is 1. The number of aryl methyl sites for hydroxylation is 1. The first-order chi connectivity index (χ1) is 9.97. The summed E-state index contributed by atoms with van der Waals surface area (Å²) in [4.78, 5) is 22.7. The summed E-state index contributed by atoms with van der Waals surface area (Å²) in [5.41, 5.74) is 0.807. The number of hydrogen-bond donors (Lipinski definition) is 1. The second-order valence-corrected chi connectivity index (χ2v) is 6.22. The highest BCUT2D eigenvalue weighted by atomic mass is 35.5. The van der Waals surface area contributed by atoms with Crippen LogP contribution in [0.25, 0.3) is 0 Å². The minimum Gasteiger partial charge on any atom is -0.352 e. The lowest BCUT2D eigenvalue weighted by molar-refractivity contribution is -0.385. The van der Waals surface area contributed by atoms with Gasteiger partial charge in [0.25, 0.3) is 11.6 Å². The lowest BCUT2D eigenvalue weighted by atomic mass is 9.89. The molecule has 1 aromatic carbocycles. The average molecular weight is 311 g/mol. The maximum atomic E-state index is 12.2. The summed E-state index contributed by atoms with van der Waals surface area (Å²) in [6.07, 6.45) is 3.91. The van der Waals surface area contributed by atoms with Crippen LogP contribution in [0.15, 0.2) is 18.2 Å². The van der Waals surface area contributed by atoms with E-state index in [1.54, 1.807) is 12.1 Å². The molecule has 21 heavy (non-hydrogen) atoms. The summed E-state index contributed by atoms with van der Waals surface area (Å²) in [6, 6.07) is 4.57. The van der Waals surface area contributed by atoms with Crippen LogP contribution in [0, 0.1) is 23.0 Å². The molecule has 0 saturated heterocycles. The van der Waals surface area contributed by atoms with Crippen LogP contribution < -0.4 is 5.32 Å². The molecule has 0 aliphatic heterocycles. The van der Waals surface area contributed by atoms with Gasteiger partial charge in [-0.25, -0.2) is 0 Å². The Morgan fingerprint density at radius 3 is 2.67 bits per heavy atom. The third-order valence-electron chi connectivity index (χ3n) is 3.92. The van der Waals surface area contributed by atoms with Crippen LogP contribution in [-0.2, 0) is 0 Å². The van der Waals surface area contributed by atoms with Gasteiger partial charge in [0, 0.05) is 18.0 Å². The van der Waals surface area contributed by atoms with Gasteiger partial charge >= 0.3 is 0 Å². The number of nitrogens with one attached hydrogen (secondary N) is 1. The number of halogens is 1. The van der Waals surface area contributed by atoms with Gasteiger partial charge in [-0.2, -0.15) is 0 Å². The first-order valence-corrected chi connectivity index (χ1v) is 7.58. The molecule has 114 valence electrons. The number of alkyl halides is 1. The van der Waals surface area contributed by atoms with Gasteiger partial charge in [0.15, 0.2) is 0 Å². The van der Waals surface area contributed by atoms with E-state index < -0.39 is 4.92 Å². The highest BCUT2D eigenvalue weighted by molar-refractivity contribution is 6.20. The SMILES string of the molecule is Cc1ccc([N+](=O)[O-])c(C(=O)NCC2CCC(Cl)CC2)c1. The Balaban J connectivity index is 2.00. The highest BCUT2D eigenvalue weighted by Gasteiger charge is 2.23. The average Bonchev–Trinajstić information content (AvgIpc) is 2.46. The third-order valence-corrected chi connectivity index (χ3v) is 4.36. The standard InChI is InChI=1S/C15H19ClN2O3/c1-10-2-7-14(18(20)21)13(8-10)15(19)17-9-11-3-5-12(16)6-4-11/h2,7-8,11-12H,3-6,9H2,1H3,(H,17,19). The Morgan fingerprint density at radius 2 is 2.05 bits per heavy atom. The number of amides is 1. The van der Waals surface area contributed by atoms with Gasteiger partial charge in [-0.3, -0.25) is 14.9 Å². The molecule has 1 aliphatic carbocycles. The van der Waals surface area contributed by atoms with E-state index in [2.05, 4.69) is 5.32 Å². The van der Waals surface area contributed by atoms with Gasteiger partial charge in [0.1, 0.15) is 5.56 Å². The van der Waals surface area contributed by atoms with Crippen molar-refractivity contribution < 1.29 is 9.72 Å². The third kappa shape index (κ3) is 4.17. The largest absolute Gasteiger partial charge is 0.352 e. The van der Waals surface area contributed by atoms with Gasteiger partial charge in [0.05, 0.1) is 4.92 Å². The number of nitro benzene ring substituents is 1. The fourth-order valence-electron chi connectivity index (χ4n) is 2.65. The number of carbonyl (C=O) groups is 1. The molecule has 0 aromatic heterocycles. The molecule has 1 amide bonds. The second-order valence-electron chi connectivity index (χ2n) is 5.61. The van der Waals surface area contributed by atoms with E-state index in [1.165, 1.54) is 6.07 Å². The minimum absolute atomic E-state index is 0.131. The molecule has 5 nitrogen and oxygen atoms in total. The summed E-state index contributed by atoms with van der Waals surface area (Å²) in [7, 11) is 0. The first-order valence-electron chi connectivity index (χ1n) is 7.14.